The molecule has 0 unspecified atom stereocenters. The molecule has 0 heterocycles. The molecule has 0 radical (unpaired) electrons. The van der Waals surface area contributed by atoms with Crippen LogP contribution >= 0.6 is 0 Å². The summed E-state index contributed by atoms with van der Waals surface area (Å²) in [4.78, 5) is 37.5. The van der Waals surface area contributed by atoms with Gasteiger partial charge in [0.2, 0.25) is 11.8 Å². The molecule has 6 heteroatoms. The van der Waals surface area contributed by atoms with Gasteiger partial charge in [0.05, 0.1) is 18.4 Å². The van der Waals surface area contributed by atoms with Crippen molar-refractivity contribution in [2.75, 3.05) is 19.5 Å². The first kappa shape index (κ1) is 18.2. The average Bonchev–Trinajstić information content (AvgIpc) is 2.62. The topological polar surface area (TPSA) is 75.7 Å². The summed E-state index contributed by atoms with van der Waals surface area (Å²) in [6.45, 7) is 0.422. The van der Waals surface area contributed by atoms with Gasteiger partial charge < -0.3 is 15.0 Å². The van der Waals surface area contributed by atoms with E-state index in [0.29, 0.717) is 12.2 Å². The zero-order valence-electron chi connectivity index (χ0n) is 14.2. The van der Waals surface area contributed by atoms with Crippen LogP contribution in [0.15, 0.2) is 54.6 Å². The van der Waals surface area contributed by atoms with Gasteiger partial charge in [0.15, 0.2) is 0 Å². The van der Waals surface area contributed by atoms with Crippen LogP contribution in [0.4, 0.5) is 5.69 Å². The van der Waals surface area contributed by atoms with E-state index in [-0.39, 0.29) is 17.9 Å². The molecule has 25 heavy (non-hydrogen) atoms. The van der Waals surface area contributed by atoms with Crippen molar-refractivity contribution in [2.24, 2.45) is 0 Å². The molecular formula is C19H20N2O4. The Morgan fingerprint density at radius 3 is 2.32 bits per heavy atom. The molecule has 0 fully saturated rings. The highest BCUT2D eigenvalue weighted by Gasteiger charge is 2.17. The molecule has 0 aliphatic heterocycles. The van der Waals surface area contributed by atoms with Crippen molar-refractivity contribution < 1.29 is 19.1 Å². The van der Waals surface area contributed by atoms with Gasteiger partial charge in [-0.3, -0.25) is 9.59 Å². The number of rotatable bonds is 6. The summed E-state index contributed by atoms with van der Waals surface area (Å²) in [7, 11) is 2.91. The molecular weight excluding hydrogens is 320 g/mol. The minimum Gasteiger partial charge on any atom is -0.465 e. The van der Waals surface area contributed by atoms with Crippen molar-refractivity contribution in [3.63, 3.8) is 0 Å². The van der Waals surface area contributed by atoms with Crippen LogP contribution in [0.1, 0.15) is 22.3 Å². The molecule has 0 saturated heterocycles. The van der Waals surface area contributed by atoms with Crippen LogP contribution in [-0.2, 0) is 20.9 Å². The van der Waals surface area contributed by atoms with Crippen LogP contribution in [0, 0.1) is 0 Å². The van der Waals surface area contributed by atoms with Gasteiger partial charge in [0.1, 0.15) is 6.42 Å². The summed E-state index contributed by atoms with van der Waals surface area (Å²) in [5, 5.41) is 2.59. The minimum atomic E-state index is -0.552. The Morgan fingerprint density at radius 2 is 1.64 bits per heavy atom. The van der Waals surface area contributed by atoms with E-state index in [4.69, 9.17) is 0 Å². The standard InChI is InChI=1S/C19H20N2O4/c1-21(13-14-8-4-3-5-9-14)18(23)12-17(22)20-16-11-7-6-10-15(16)19(24)25-2/h3-11H,12-13H2,1-2H3,(H,20,22). The molecule has 0 saturated carbocycles. The number of hydrogen-bond acceptors (Lipinski definition) is 4. The average molecular weight is 340 g/mol. The predicted octanol–water partition coefficient (Wildman–Crippen LogP) is 2.46. The van der Waals surface area contributed by atoms with Crippen molar-refractivity contribution in [1.82, 2.24) is 4.90 Å². The lowest BCUT2D eigenvalue weighted by Crippen LogP contribution is -2.30. The Morgan fingerprint density at radius 1 is 1.00 bits per heavy atom. The maximum Gasteiger partial charge on any atom is 0.339 e. The molecule has 2 amide bonds. The lowest BCUT2D eigenvalue weighted by Gasteiger charge is -2.17. The van der Waals surface area contributed by atoms with Crippen molar-refractivity contribution in [2.45, 2.75) is 13.0 Å². The fraction of sp³-hybridized carbons (Fsp3) is 0.211. The highest BCUT2D eigenvalue weighted by molar-refractivity contribution is 6.06. The number of methoxy groups -OCH3 is 1. The molecule has 0 bridgehead atoms. The molecule has 2 aromatic rings. The van der Waals surface area contributed by atoms with Gasteiger partial charge in [-0.15, -0.1) is 0 Å². The Balaban J connectivity index is 1.96. The number of hydrogen-bond donors (Lipinski definition) is 1. The summed E-state index contributed by atoms with van der Waals surface area (Å²) in [6, 6.07) is 16.0. The second-order valence-corrected chi connectivity index (χ2v) is 5.50. The number of nitrogens with zero attached hydrogens (tertiary/aromatic N) is 1. The summed E-state index contributed by atoms with van der Waals surface area (Å²) < 4.78 is 4.68. The van der Waals surface area contributed by atoms with Gasteiger partial charge >= 0.3 is 5.97 Å². The Bertz CT molecular complexity index is 759. The predicted molar refractivity (Wildman–Crippen MR) is 93.9 cm³/mol. The highest BCUT2D eigenvalue weighted by atomic mass is 16.5. The molecule has 0 aliphatic rings. The molecule has 0 aromatic heterocycles. The van der Waals surface area contributed by atoms with E-state index in [1.54, 1.807) is 31.3 Å². The fourth-order valence-corrected chi connectivity index (χ4v) is 2.29. The third kappa shape index (κ3) is 5.17. The number of ether oxygens (including phenoxy) is 1. The normalized spacial score (nSPS) is 10.0. The van der Waals surface area contributed by atoms with Crippen molar-refractivity contribution in [3.05, 3.63) is 65.7 Å². The first-order chi connectivity index (χ1) is 12.0. The van der Waals surface area contributed by atoms with Gasteiger partial charge in [-0.05, 0) is 17.7 Å². The van der Waals surface area contributed by atoms with Crippen LogP contribution in [0.3, 0.4) is 0 Å². The smallest absolute Gasteiger partial charge is 0.339 e. The second kappa shape index (κ2) is 8.63. The number of anilines is 1. The lowest BCUT2D eigenvalue weighted by molar-refractivity contribution is -0.134. The number of nitrogens with one attached hydrogen (secondary N) is 1. The molecule has 2 rings (SSSR count). The number of carbonyl (C=O) groups is 3. The zero-order chi connectivity index (χ0) is 18.2. The van der Waals surface area contributed by atoms with Gasteiger partial charge in [0.25, 0.3) is 0 Å². The Kier molecular flexibility index (Phi) is 6.28. The highest BCUT2D eigenvalue weighted by Crippen LogP contribution is 2.16. The van der Waals surface area contributed by atoms with Crippen LogP contribution in [0.5, 0.6) is 0 Å². The number of para-hydroxylation sites is 1. The molecule has 6 nitrogen and oxygen atoms in total. The monoisotopic (exact) mass is 340 g/mol. The molecule has 0 aliphatic carbocycles. The van der Waals surface area contributed by atoms with E-state index in [0.717, 1.165) is 5.56 Å². The van der Waals surface area contributed by atoms with E-state index in [1.807, 2.05) is 30.3 Å². The maximum absolute atomic E-state index is 12.2. The Labute approximate surface area is 146 Å². The molecule has 0 spiro atoms. The molecule has 0 atom stereocenters. The van der Waals surface area contributed by atoms with Crippen LogP contribution in [-0.4, -0.2) is 36.8 Å². The summed E-state index contributed by atoms with van der Waals surface area (Å²) in [6.07, 6.45) is -0.307. The van der Waals surface area contributed by atoms with Crippen LogP contribution < -0.4 is 5.32 Å². The largest absolute Gasteiger partial charge is 0.465 e. The first-order valence-electron chi connectivity index (χ1n) is 7.76. The zero-order valence-corrected chi connectivity index (χ0v) is 14.2. The van der Waals surface area contributed by atoms with Gasteiger partial charge in [-0.2, -0.15) is 0 Å². The molecule has 2 aromatic carbocycles. The van der Waals surface area contributed by atoms with Crippen molar-refractivity contribution in [1.29, 1.82) is 0 Å². The lowest BCUT2D eigenvalue weighted by atomic mass is 10.1. The van der Waals surface area contributed by atoms with Crippen molar-refractivity contribution in [3.8, 4) is 0 Å². The second-order valence-electron chi connectivity index (χ2n) is 5.50. The number of esters is 1. The Hall–Kier alpha value is -3.15. The van der Waals surface area contributed by atoms with Crippen LogP contribution in [0.2, 0.25) is 0 Å². The summed E-state index contributed by atoms with van der Waals surface area (Å²) in [5.41, 5.74) is 1.54. The van der Waals surface area contributed by atoms with E-state index in [2.05, 4.69) is 10.1 Å². The van der Waals surface area contributed by atoms with E-state index in [1.165, 1.54) is 12.0 Å². The van der Waals surface area contributed by atoms with Gasteiger partial charge in [-0.25, -0.2) is 4.79 Å². The fourth-order valence-electron chi connectivity index (χ4n) is 2.29. The summed E-state index contributed by atoms with van der Waals surface area (Å²) >= 11 is 0. The number of amides is 2. The number of carbonyl (C=O) groups excluding carboxylic acids is 3. The quantitative estimate of drug-likeness (QED) is 0.647. The first-order valence-corrected chi connectivity index (χ1v) is 7.76. The van der Waals surface area contributed by atoms with Gasteiger partial charge in [-0.1, -0.05) is 42.5 Å². The van der Waals surface area contributed by atoms with Gasteiger partial charge in [0, 0.05) is 13.6 Å². The molecule has 130 valence electrons. The van der Waals surface area contributed by atoms with Crippen LogP contribution in [0.25, 0.3) is 0 Å². The molecule has 1 N–H and O–H groups in total. The van der Waals surface area contributed by atoms with Crippen molar-refractivity contribution >= 4 is 23.5 Å². The maximum atomic E-state index is 12.2. The summed E-state index contributed by atoms with van der Waals surface area (Å²) in [5.74, 6) is -1.35. The van der Waals surface area contributed by atoms with E-state index < -0.39 is 11.9 Å². The minimum absolute atomic E-state index is 0.239. The van der Waals surface area contributed by atoms with E-state index in [9.17, 15) is 14.4 Å². The third-order valence-electron chi connectivity index (χ3n) is 3.61. The third-order valence-corrected chi connectivity index (χ3v) is 3.61. The van der Waals surface area contributed by atoms with E-state index >= 15 is 0 Å². The SMILES string of the molecule is COC(=O)c1ccccc1NC(=O)CC(=O)N(C)Cc1ccccc1. The number of benzene rings is 2.